The highest BCUT2D eigenvalue weighted by Crippen LogP contribution is 2.38. The molecule has 0 bridgehead atoms. The number of allylic oxidation sites excluding steroid dienone is 1. The van der Waals surface area contributed by atoms with Gasteiger partial charge in [-0.05, 0) is 78.4 Å². The number of fused-ring (bicyclic) bond motifs is 2. The third kappa shape index (κ3) is 3.90. The van der Waals surface area contributed by atoms with Crippen molar-refractivity contribution >= 4 is 46.0 Å². The first kappa shape index (κ1) is 22.7. The van der Waals surface area contributed by atoms with Gasteiger partial charge in [0.25, 0.3) is 5.56 Å². The third-order valence-corrected chi connectivity index (χ3v) is 7.16. The average Bonchev–Trinajstić information content (AvgIpc) is 3.39. The van der Waals surface area contributed by atoms with Crippen molar-refractivity contribution in [2.24, 2.45) is 4.99 Å². The van der Waals surface area contributed by atoms with Crippen molar-refractivity contribution in [2.45, 2.75) is 19.9 Å². The summed E-state index contributed by atoms with van der Waals surface area (Å²) in [6.07, 6.45) is 1.64. The highest BCUT2D eigenvalue weighted by molar-refractivity contribution is 14.1. The fourth-order valence-corrected chi connectivity index (χ4v) is 5.53. The zero-order chi connectivity index (χ0) is 24.0. The van der Waals surface area contributed by atoms with Gasteiger partial charge in [-0.25, -0.2) is 9.79 Å². The molecule has 5 rings (SSSR count). The van der Waals surface area contributed by atoms with Gasteiger partial charge in [0.2, 0.25) is 6.79 Å². The predicted molar refractivity (Wildman–Crippen MR) is 134 cm³/mol. The molecule has 2 aliphatic heterocycles. The van der Waals surface area contributed by atoms with Crippen LogP contribution in [0.1, 0.15) is 31.0 Å². The van der Waals surface area contributed by atoms with Crippen LogP contribution in [0.2, 0.25) is 0 Å². The Morgan fingerprint density at radius 2 is 2.09 bits per heavy atom. The minimum absolute atomic E-state index is 0.0713. The maximum Gasteiger partial charge on any atom is 0.338 e. The number of esters is 1. The van der Waals surface area contributed by atoms with Crippen LogP contribution in [0.5, 0.6) is 17.2 Å². The lowest BCUT2D eigenvalue weighted by atomic mass is 9.95. The number of ether oxygens (including phenoxy) is 3. The number of carbonyl (C=O) groups is 1. The molecule has 2 aromatic carbocycles. The lowest BCUT2D eigenvalue weighted by molar-refractivity contribution is -0.139. The smallest absolute Gasteiger partial charge is 0.338 e. The number of hydrogen-bond donors (Lipinski definition) is 1. The van der Waals surface area contributed by atoms with Crippen LogP contribution in [0.3, 0.4) is 0 Å². The van der Waals surface area contributed by atoms with E-state index in [0.29, 0.717) is 37.7 Å². The Kier molecular flexibility index (Phi) is 5.94. The topological polar surface area (TPSA) is 99.4 Å². The van der Waals surface area contributed by atoms with E-state index in [0.717, 1.165) is 3.57 Å². The molecule has 3 heterocycles. The molecule has 0 unspecified atom stereocenters. The first-order valence-electron chi connectivity index (χ1n) is 10.4. The second-order valence-corrected chi connectivity index (χ2v) is 9.87. The van der Waals surface area contributed by atoms with E-state index in [9.17, 15) is 14.7 Å². The largest absolute Gasteiger partial charge is 0.507 e. The van der Waals surface area contributed by atoms with E-state index in [1.54, 1.807) is 56.3 Å². The van der Waals surface area contributed by atoms with Gasteiger partial charge in [0.1, 0.15) is 5.75 Å². The Morgan fingerprint density at radius 1 is 1.29 bits per heavy atom. The summed E-state index contributed by atoms with van der Waals surface area (Å²) in [6.45, 7) is 3.77. The molecule has 1 atom stereocenters. The monoisotopic (exact) mass is 590 g/mol. The highest BCUT2D eigenvalue weighted by Gasteiger charge is 2.34. The van der Waals surface area contributed by atoms with E-state index in [-0.39, 0.29) is 30.3 Å². The molecule has 34 heavy (non-hydrogen) atoms. The van der Waals surface area contributed by atoms with Gasteiger partial charge in [-0.3, -0.25) is 9.36 Å². The van der Waals surface area contributed by atoms with E-state index >= 15 is 0 Å². The van der Waals surface area contributed by atoms with Crippen LogP contribution in [-0.2, 0) is 9.53 Å². The molecule has 3 aromatic rings. The highest BCUT2D eigenvalue weighted by atomic mass is 127. The summed E-state index contributed by atoms with van der Waals surface area (Å²) < 4.78 is 19.1. The normalized spacial score (nSPS) is 16.9. The Hall–Kier alpha value is -3.12. The number of aromatic hydroxyl groups is 1. The van der Waals surface area contributed by atoms with E-state index in [2.05, 4.69) is 27.6 Å². The maximum absolute atomic E-state index is 13.6. The van der Waals surface area contributed by atoms with Gasteiger partial charge < -0.3 is 19.3 Å². The molecule has 0 aliphatic carbocycles. The van der Waals surface area contributed by atoms with Crippen molar-refractivity contribution in [1.82, 2.24) is 4.57 Å². The number of benzene rings is 2. The van der Waals surface area contributed by atoms with Crippen molar-refractivity contribution < 1.29 is 24.1 Å². The zero-order valence-electron chi connectivity index (χ0n) is 18.2. The van der Waals surface area contributed by atoms with Crippen LogP contribution in [-0.4, -0.2) is 29.0 Å². The minimum atomic E-state index is -0.753. The van der Waals surface area contributed by atoms with Crippen molar-refractivity contribution in [3.05, 3.63) is 82.1 Å². The van der Waals surface area contributed by atoms with Gasteiger partial charge in [-0.2, -0.15) is 0 Å². The van der Waals surface area contributed by atoms with Crippen LogP contribution in [0, 0.1) is 3.57 Å². The SMILES string of the molecule is CCOC(=O)C1=C(C)N=c2s/c(=C\c3cc(I)ccc3O)c(=O)n2[C@H]1c1ccc2c(c1)OCO2. The number of nitrogens with zero attached hydrogens (tertiary/aromatic N) is 2. The number of phenols is 1. The van der Waals surface area contributed by atoms with Crippen LogP contribution in [0.4, 0.5) is 0 Å². The molecule has 8 nitrogen and oxygen atoms in total. The summed E-state index contributed by atoms with van der Waals surface area (Å²) in [5.41, 5.74) is 1.64. The summed E-state index contributed by atoms with van der Waals surface area (Å²) in [6, 6.07) is 9.74. The summed E-state index contributed by atoms with van der Waals surface area (Å²) >= 11 is 3.34. The van der Waals surface area contributed by atoms with E-state index < -0.39 is 12.0 Å². The molecule has 2 aliphatic rings. The van der Waals surface area contributed by atoms with Crippen molar-refractivity contribution in [1.29, 1.82) is 0 Å². The molecule has 10 heteroatoms. The Labute approximate surface area is 211 Å². The molecular weight excluding hydrogens is 571 g/mol. The fourth-order valence-electron chi connectivity index (χ4n) is 3.97. The number of phenolic OH excluding ortho intramolecular Hbond substituents is 1. The molecular formula is C24H19IN2O6S. The fraction of sp³-hybridized carbons (Fsp3) is 0.208. The first-order valence-corrected chi connectivity index (χ1v) is 12.3. The number of thiazole rings is 1. The Balaban J connectivity index is 1.74. The summed E-state index contributed by atoms with van der Waals surface area (Å²) in [4.78, 5) is 31.6. The van der Waals surface area contributed by atoms with Gasteiger partial charge in [0, 0.05) is 9.13 Å². The first-order chi connectivity index (χ1) is 16.4. The Bertz CT molecular complexity index is 1540. The van der Waals surface area contributed by atoms with Gasteiger partial charge in [0.05, 0.1) is 28.5 Å². The van der Waals surface area contributed by atoms with Crippen LogP contribution in [0.25, 0.3) is 6.08 Å². The number of hydrogen-bond acceptors (Lipinski definition) is 8. The molecule has 1 aromatic heterocycles. The third-order valence-electron chi connectivity index (χ3n) is 5.51. The van der Waals surface area contributed by atoms with E-state index in [4.69, 9.17) is 14.2 Å². The summed E-state index contributed by atoms with van der Waals surface area (Å²) in [5, 5.41) is 10.3. The number of rotatable bonds is 4. The average molecular weight is 590 g/mol. The predicted octanol–water partition coefficient (Wildman–Crippen LogP) is 2.84. The molecule has 0 saturated heterocycles. The lowest BCUT2D eigenvalue weighted by Gasteiger charge is -2.24. The molecule has 0 radical (unpaired) electrons. The minimum Gasteiger partial charge on any atom is -0.507 e. The van der Waals surface area contributed by atoms with Gasteiger partial charge in [-0.1, -0.05) is 17.4 Å². The van der Waals surface area contributed by atoms with Gasteiger partial charge in [0.15, 0.2) is 16.3 Å². The van der Waals surface area contributed by atoms with Crippen molar-refractivity contribution in [2.75, 3.05) is 13.4 Å². The van der Waals surface area contributed by atoms with Crippen LogP contribution < -0.4 is 24.4 Å². The molecule has 1 N–H and O–H groups in total. The quantitative estimate of drug-likeness (QED) is 0.371. The Morgan fingerprint density at radius 3 is 2.88 bits per heavy atom. The molecule has 0 spiro atoms. The van der Waals surface area contributed by atoms with E-state index in [1.807, 2.05) is 0 Å². The molecule has 0 fully saturated rings. The lowest BCUT2D eigenvalue weighted by Crippen LogP contribution is -2.39. The maximum atomic E-state index is 13.6. The number of halogens is 1. The van der Waals surface area contributed by atoms with Crippen molar-refractivity contribution in [3.63, 3.8) is 0 Å². The number of carbonyl (C=O) groups excluding carboxylic acids is 1. The molecule has 174 valence electrons. The standard InChI is InChI=1S/C24H19IN2O6S/c1-3-31-23(30)20-12(2)26-24-27(21(20)13-4-7-17-18(9-13)33-11-32-17)22(29)19(34-24)10-14-8-15(25)5-6-16(14)28/h4-10,21,28H,3,11H2,1-2H3/b19-10-/t21-/m0/s1. The summed E-state index contributed by atoms with van der Waals surface area (Å²) in [5.74, 6) is 0.683. The van der Waals surface area contributed by atoms with Crippen LogP contribution in [0.15, 0.2) is 57.5 Å². The second kappa shape index (κ2) is 8.91. The van der Waals surface area contributed by atoms with Gasteiger partial charge in [-0.15, -0.1) is 0 Å². The second-order valence-electron chi connectivity index (χ2n) is 7.62. The summed E-state index contributed by atoms with van der Waals surface area (Å²) in [7, 11) is 0. The van der Waals surface area contributed by atoms with Crippen LogP contribution >= 0.6 is 33.9 Å². The van der Waals surface area contributed by atoms with E-state index in [1.165, 1.54) is 15.9 Å². The molecule has 0 saturated carbocycles. The van der Waals surface area contributed by atoms with Gasteiger partial charge >= 0.3 is 5.97 Å². The zero-order valence-corrected chi connectivity index (χ0v) is 21.2. The van der Waals surface area contributed by atoms with Crippen molar-refractivity contribution in [3.8, 4) is 17.2 Å². The number of aromatic nitrogens is 1. The molecule has 0 amide bonds.